The second kappa shape index (κ2) is 14.1. The summed E-state index contributed by atoms with van der Waals surface area (Å²) < 4.78 is 44.9. The van der Waals surface area contributed by atoms with E-state index in [2.05, 4.69) is 15.4 Å². The van der Waals surface area contributed by atoms with Gasteiger partial charge in [0.05, 0.1) is 17.1 Å². The summed E-state index contributed by atoms with van der Waals surface area (Å²) in [6.07, 6.45) is 0. The first-order valence-corrected chi connectivity index (χ1v) is 14.6. The Kier molecular flexibility index (Phi) is 10.1. The minimum atomic E-state index is -3.81. The van der Waals surface area contributed by atoms with Crippen LogP contribution in [0.4, 0.5) is 11.4 Å². The summed E-state index contributed by atoms with van der Waals surface area (Å²) in [5.41, 5.74) is 1.21. The normalized spacial score (nSPS) is 10.8. The molecule has 0 aromatic heterocycles. The lowest BCUT2D eigenvalue weighted by molar-refractivity contribution is 0.0972. The van der Waals surface area contributed by atoms with Crippen molar-refractivity contribution < 1.29 is 27.4 Å². The Hall–Kier alpha value is -4.61. The van der Waals surface area contributed by atoms with Gasteiger partial charge < -0.3 is 19.5 Å². The molecule has 9 nitrogen and oxygen atoms in total. The van der Waals surface area contributed by atoms with Crippen LogP contribution in [0.2, 0.25) is 0 Å². The molecule has 0 aliphatic rings. The molecule has 0 radical (unpaired) electrons. The van der Waals surface area contributed by atoms with Crippen molar-refractivity contribution >= 4 is 44.6 Å². The Morgan fingerprint density at radius 1 is 0.732 bits per heavy atom. The maximum absolute atomic E-state index is 12.9. The Bertz CT molecular complexity index is 1560. The van der Waals surface area contributed by atoms with Gasteiger partial charge in [0.15, 0.2) is 5.11 Å². The van der Waals surface area contributed by atoms with Crippen LogP contribution in [0.25, 0.3) is 0 Å². The van der Waals surface area contributed by atoms with Gasteiger partial charge in [0.25, 0.3) is 15.9 Å². The third kappa shape index (κ3) is 8.69. The zero-order chi connectivity index (χ0) is 29.1. The highest BCUT2D eigenvalue weighted by molar-refractivity contribution is 7.92. The summed E-state index contributed by atoms with van der Waals surface area (Å²) in [7, 11) is -3.81. The lowest BCUT2D eigenvalue weighted by Gasteiger charge is -2.14. The second-order valence-corrected chi connectivity index (χ2v) is 10.6. The van der Waals surface area contributed by atoms with E-state index in [1.165, 1.54) is 12.1 Å². The van der Waals surface area contributed by atoms with E-state index >= 15 is 0 Å². The molecular formula is C30H29N3O6S2. The van der Waals surface area contributed by atoms with E-state index < -0.39 is 15.9 Å². The van der Waals surface area contributed by atoms with Gasteiger partial charge in [-0.1, -0.05) is 30.3 Å². The number of rotatable bonds is 12. The predicted molar refractivity (Wildman–Crippen MR) is 162 cm³/mol. The van der Waals surface area contributed by atoms with Gasteiger partial charge in [-0.3, -0.25) is 14.8 Å². The van der Waals surface area contributed by atoms with Crippen LogP contribution in [0.1, 0.15) is 17.3 Å². The quantitative estimate of drug-likeness (QED) is 0.147. The zero-order valence-corrected chi connectivity index (χ0v) is 23.8. The summed E-state index contributed by atoms with van der Waals surface area (Å²) in [5.74, 6) is 1.31. The highest BCUT2D eigenvalue weighted by Gasteiger charge is 2.16. The molecule has 0 atom stereocenters. The number of nitrogens with one attached hydrogen (secondary N) is 3. The molecule has 1 amide bonds. The highest BCUT2D eigenvalue weighted by atomic mass is 32.2. The molecule has 0 aliphatic heterocycles. The molecular weight excluding hydrogens is 562 g/mol. The van der Waals surface area contributed by atoms with Crippen LogP contribution in [-0.4, -0.2) is 39.3 Å². The summed E-state index contributed by atoms with van der Waals surface area (Å²) >= 11 is 5.29. The molecule has 0 saturated carbocycles. The van der Waals surface area contributed by atoms with Gasteiger partial charge in [-0.25, -0.2) is 8.42 Å². The third-order valence-corrected chi connectivity index (χ3v) is 7.15. The van der Waals surface area contributed by atoms with Crippen LogP contribution in [0.15, 0.2) is 108 Å². The number of thiocarbonyl (C=S) groups is 1. The SMILES string of the molecule is CCOc1ccc(NS(=O)(=O)c2ccc(NC(=S)NC(=O)c3ccccc3OCCOc3ccccc3)cc2)cc1. The molecule has 4 aromatic rings. The number of sulfonamides is 1. The van der Waals surface area contributed by atoms with Crippen molar-refractivity contribution in [3.63, 3.8) is 0 Å². The first-order chi connectivity index (χ1) is 19.8. The van der Waals surface area contributed by atoms with Gasteiger partial charge in [0, 0.05) is 11.4 Å². The minimum Gasteiger partial charge on any atom is -0.494 e. The van der Waals surface area contributed by atoms with E-state index in [9.17, 15) is 13.2 Å². The van der Waals surface area contributed by atoms with E-state index in [0.29, 0.717) is 41.7 Å². The number of carbonyl (C=O) groups excluding carboxylic acids is 1. The first kappa shape index (κ1) is 29.4. The fraction of sp³-hybridized carbons (Fsp3) is 0.133. The number of carbonyl (C=O) groups is 1. The summed E-state index contributed by atoms with van der Waals surface area (Å²) in [6.45, 7) is 2.94. The van der Waals surface area contributed by atoms with E-state index in [0.717, 1.165) is 5.75 Å². The van der Waals surface area contributed by atoms with Crippen LogP contribution in [0, 0.1) is 0 Å². The van der Waals surface area contributed by atoms with Crippen LogP contribution >= 0.6 is 12.2 Å². The summed E-state index contributed by atoms with van der Waals surface area (Å²) in [5, 5.41) is 5.55. The molecule has 41 heavy (non-hydrogen) atoms. The standard InChI is InChI=1S/C30H29N3O6S2/c1-2-37-25-16-12-23(13-17-25)33-41(35,36)26-18-14-22(15-19-26)31-30(40)32-29(34)27-10-6-7-11-28(27)39-21-20-38-24-8-4-3-5-9-24/h3-19,33H,2,20-21H2,1H3,(H2,31,32,34,40). The van der Waals surface area contributed by atoms with Crippen LogP contribution < -0.4 is 29.6 Å². The third-order valence-electron chi connectivity index (χ3n) is 5.55. The number of ether oxygens (including phenoxy) is 3. The van der Waals surface area contributed by atoms with Crippen LogP contribution in [0.5, 0.6) is 17.2 Å². The minimum absolute atomic E-state index is 0.0420. The number of benzene rings is 4. The number of anilines is 2. The smallest absolute Gasteiger partial charge is 0.261 e. The van der Waals surface area contributed by atoms with Gasteiger partial charge in [0.1, 0.15) is 30.5 Å². The number of para-hydroxylation sites is 2. The monoisotopic (exact) mass is 591 g/mol. The topological polar surface area (TPSA) is 115 Å². The maximum atomic E-state index is 12.9. The van der Waals surface area contributed by atoms with Crippen molar-refractivity contribution in [1.82, 2.24) is 5.32 Å². The van der Waals surface area contributed by atoms with Gasteiger partial charge in [-0.15, -0.1) is 0 Å². The average Bonchev–Trinajstić information content (AvgIpc) is 2.97. The van der Waals surface area contributed by atoms with Crippen molar-refractivity contribution in [2.75, 3.05) is 29.9 Å². The second-order valence-electron chi connectivity index (χ2n) is 8.50. The molecule has 212 valence electrons. The number of hydrogen-bond donors (Lipinski definition) is 3. The lowest BCUT2D eigenvalue weighted by atomic mass is 10.2. The van der Waals surface area contributed by atoms with E-state index in [1.807, 2.05) is 37.3 Å². The zero-order valence-electron chi connectivity index (χ0n) is 22.2. The molecule has 0 spiro atoms. The van der Waals surface area contributed by atoms with Gasteiger partial charge >= 0.3 is 0 Å². The molecule has 4 rings (SSSR count). The lowest BCUT2D eigenvalue weighted by Crippen LogP contribution is -2.34. The Morgan fingerprint density at radius 3 is 2.05 bits per heavy atom. The fourth-order valence-electron chi connectivity index (χ4n) is 3.66. The van der Waals surface area contributed by atoms with Crippen molar-refractivity contribution in [2.24, 2.45) is 0 Å². The first-order valence-electron chi connectivity index (χ1n) is 12.7. The van der Waals surface area contributed by atoms with E-state index in [4.69, 9.17) is 26.4 Å². The Balaban J connectivity index is 1.29. The van der Waals surface area contributed by atoms with Crippen LogP contribution in [-0.2, 0) is 10.0 Å². The molecule has 0 fully saturated rings. The van der Waals surface area contributed by atoms with Crippen molar-refractivity contribution in [1.29, 1.82) is 0 Å². The van der Waals surface area contributed by atoms with Crippen LogP contribution in [0.3, 0.4) is 0 Å². The summed E-state index contributed by atoms with van der Waals surface area (Å²) in [4.78, 5) is 13.0. The molecule has 0 unspecified atom stereocenters. The van der Waals surface area contributed by atoms with Crippen molar-refractivity contribution in [3.05, 3.63) is 109 Å². The Morgan fingerprint density at radius 2 is 1.34 bits per heavy atom. The molecule has 0 aliphatic carbocycles. The molecule has 0 bridgehead atoms. The maximum Gasteiger partial charge on any atom is 0.261 e. The molecule has 11 heteroatoms. The van der Waals surface area contributed by atoms with E-state index in [1.54, 1.807) is 60.7 Å². The predicted octanol–water partition coefficient (Wildman–Crippen LogP) is 5.47. The molecule has 0 heterocycles. The largest absolute Gasteiger partial charge is 0.494 e. The van der Waals surface area contributed by atoms with Gasteiger partial charge in [0.2, 0.25) is 0 Å². The summed E-state index contributed by atoms with van der Waals surface area (Å²) in [6, 6.07) is 28.8. The average molecular weight is 592 g/mol. The van der Waals surface area contributed by atoms with Crippen molar-refractivity contribution in [3.8, 4) is 17.2 Å². The fourth-order valence-corrected chi connectivity index (χ4v) is 4.93. The van der Waals surface area contributed by atoms with Gasteiger partial charge in [-0.2, -0.15) is 0 Å². The number of hydrogen-bond acceptors (Lipinski definition) is 7. The van der Waals surface area contributed by atoms with E-state index in [-0.39, 0.29) is 16.6 Å². The molecule has 4 aromatic carbocycles. The number of amides is 1. The Labute approximate surface area is 244 Å². The molecule has 3 N–H and O–H groups in total. The molecule has 0 saturated heterocycles. The highest BCUT2D eigenvalue weighted by Crippen LogP contribution is 2.21. The van der Waals surface area contributed by atoms with Gasteiger partial charge in [-0.05, 0) is 91.9 Å². The van der Waals surface area contributed by atoms with Crippen molar-refractivity contribution in [2.45, 2.75) is 11.8 Å².